The molecule has 158 valence electrons. The third-order valence-corrected chi connectivity index (χ3v) is 5.23. The lowest BCUT2D eigenvalue weighted by atomic mass is 10.2. The van der Waals surface area contributed by atoms with Crippen LogP contribution in [0.25, 0.3) is 10.2 Å². The lowest BCUT2D eigenvalue weighted by Crippen LogP contribution is -2.19. The maximum atomic E-state index is 12.8. The third-order valence-electron chi connectivity index (χ3n) is 4.19. The first-order valence-electron chi connectivity index (χ1n) is 9.63. The average Bonchev–Trinajstić information content (AvgIpc) is 3.02. The van der Waals surface area contributed by atoms with Gasteiger partial charge in [0.1, 0.15) is 5.75 Å². The van der Waals surface area contributed by atoms with Crippen molar-refractivity contribution < 1.29 is 19.1 Å². The van der Waals surface area contributed by atoms with Crippen molar-refractivity contribution in [3.63, 3.8) is 0 Å². The van der Waals surface area contributed by atoms with Gasteiger partial charge in [0, 0.05) is 31.8 Å². The first-order chi connectivity index (χ1) is 14.4. The molecule has 0 bridgehead atoms. The van der Waals surface area contributed by atoms with Crippen molar-refractivity contribution in [1.82, 2.24) is 4.57 Å². The summed E-state index contributed by atoms with van der Waals surface area (Å²) in [7, 11) is 1.63. The number of thiazole rings is 1. The van der Waals surface area contributed by atoms with Gasteiger partial charge < -0.3 is 19.4 Å². The van der Waals surface area contributed by atoms with Crippen molar-refractivity contribution in [2.45, 2.75) is 33.4 Å². The Kier molecular flexibility index (Phi) is 7.02. The number of anilines is 1. The zero-order valence-corrected chi connectivity index (χ0v) is 18.3. The number of amides is 2. The normalized spacial score (nSPS) is 11.8. The van der Waals surface area contributed by atoms with Crippen LogP contribution in [0.5, 0.6) is 5.75 Å². The van der Waals surface area contributed by atoms with E-state index in [0.29, 0.717) is 35.0 Å². The topological polar surface area (TPSA) is 81.9 Å². The van der Waals surface area contributed by atoms with Crippen LogP contribution in [0.15, 0.2) is 47.5 Å². The number of rotatable bonds is 7. The fourth-order valence-corrected chi connectivity index (χ4v) is 4.03. The maximum absolute atomic E-state index is 12.8. The number of hydrogen-bond acceptors (Lipinski definition) is 5. The molecular formula is C22H25N3O4S. The maximum Gasteiger partial charge on any atom is 0.279 e. The summed E-state index contributed by atoms with van der Waals surface area (Å²) in [4.78, 5) is 29.0. The lowest BCUT2D eigenvalue weighted by molar-refractivity contribution is -0.114. The van der Waals surface area contributed by atoms with Gasteiger partial charge >= 0.3 is 0 Å². The molecule has 3 aromatic rings. The van der Waals surface area contributed by atoms with Gasteiger partial charge in [0.15, 0.2) is 4.80 Å². The molecule has 7 nitrogen and oxygen atoms in total. The summed E-state index contributed by atoms with van der Waals surface area (Å²) < 4.78 is 13.7. The Balaban J connectivity index is 1.98. The van der Waals surface area contributed by atoms with Crippen molar-refractivity contribution in [3.8, 4) is 5.75 Å². The fraction of sp³-hybridized carbons (Fsp3) is 0.318. The minimum Gasteiger partial charge on any atom is -0.491 e. The number of carbonyl (C=O) groups is 2. The molecule has 2 aromatic carbocycles. The summed E-state index contributed by atoms with van der Waals surface area (Å²) >= 11 is 1.39. The molecule has 0 aliphatic carbocycles. The van der Waals surface area contributed by atoms with Gasteiger partial charge in [-0.25, -0.2) is 0 Å². The Bertz CT molecular complexity index is 1110. The van der Waals surface area contributed by atoms with Crippen molar-refractivity contribution in [1.29, 1.82) is 0 Å². The first kappa shape index (κ1) is 21.7. The molecule has 0 aliphatic heterocycles. The summed E-state index contributed by atoms with van der Waals surface area (Å²) in [6.07, 6.45) is 0.0666. The molecule has 0 aliphatic rings. The Hall–Kier alpha value is -2.97. The van der Waals surface area contributed by atoms with Gasteiger partial charge in [0.2, 0.25) is 5.91 Å². The monoisotopic (exact) mass is 427 g/mol. The van der Waals surface area contributed by atoms with Crippen LogP contribution < -0.4 is 14.9 Å². The second kappa shape index (κ2) is 9.69. The van der Waals surface area contributed by atoms with E-state index in [-0.39, 0.29) is 17.9 Å². The highest BCUT2D eigenvalue weighted by Crippen LogP contribution is 2.22. The summed E-state index contributed by atoms with van der Waals surface area (Å²) in [5.41, 5.74) is 2.12. The standard InChI is InChI=1S/C22H25N3O4S/c1-14(2)29-18-8-5-16(6-9-18)21(27)24-22-25(11-12-28-4)19-10-7-17(23-15(3)26)13-20(19)30-22/h5-10,13-14H,11-12H2,1-4H3,(H,23,26). The van der Waals surface area contributed by atoms with Crippen molar-refractivity contribution >= 4 is 39.1 Å². The van der Waals surface area contributed by atoms with Crippen LogP contribution in [-0.2, 0) is 16.1 Å². The van der Waals surface area contributed by atoms with Gasteiger partial charge in [0.25, 0.3) is 5.91 Å². The highest BCUT2D eigenvalue weighted by Gasteiger charge is 2.11. The highest BCUT2D eigenvalue weighted by molar-refractivity contribution is 7.16. The van der Waals surface area contributed by atoms with Crippen LogP contribution >= 0.6 is 11.3 Å². The Morgan fingerprint density at radius 3 is 2.53 bits per heavy atom. The molecule has 0 spiro atoms. The van der Waals surface area contributed by atoms with Gasteiger partial charge in [-0.05, 0) is 56.3 Å². The van der Waals surface area contributed by atoms with E-state index in [1.807, 2.05) is 36.6 Å². The van der Waals surface area contributed by atoms with Crippen LogP contribution in [0.4, 0.5) is 5.69 Å². The average molecular weight is 428 g/mol. The Labute approximate surface area is 179 Å². The van der Waals surface area contributed by atoms with E-state index in [2.05, 4.69) is 10.3 Å². The molecule has 0 fully saturated rings. The quantitative estimate of drug-likeness (QED) is 0.621. The van der Waals surface area contributed by atoms with Gasteiger partial charge in [-0.1, -0.05) is 11.3 Å². The number of nitrogens with zero attached hydrogens (tertiary/aromatic N) is 2. The number of fused-ring (bicyclic) bond motifs is 1. The molecule has 0 unspecified atom stereocenters. The Morgan fingerprint density at radius 2 is 1.90 bits per heavy atom. The van der Waals surface area contributed by atoms with E-state index < -0.39 is 0 Å². The minimum absolute atomic E-state index is 0.0666. The molecule has 1 aromatic heterocycles. The SMILES string of the molecule is COCCn1c(=NC(=O)c2ccc(OC(C)C)cc2)sc2cc(NC(C)=O)ccc21. The van der Waals surface area contributed by atoms with E-state index >= 15 is 0 Å². The predicted molar refractivity (Wildman–Crippen MR) is 118 cm³/mol. The second-order valence-electron chi connectivity index (χ2n) is 7.00. The molecule has 0 radical (unpaired) electrons. The largest absolute Gasteiger partial charge is 0.491 e. The summed E-state index contributed by atoms with van der Waals surface area (Å²) in [6, 6.07) is 12.6. The fourth-order valence-electron chi connectivity index (χ4n) is 2.94. The van der Waals surface area contributed by atoms with Gasteiger partial charge in [-0.3, -0.25) is 9.59 Å². The molecule has 0 saturated heterocycles. The molecule has 1 heterocycles. The number of benzene rings is 2. The number of methoxy groups -OCH3 is 1. The molecule has 2 amide bonds. The van der Waals surface area contributed by atoms with Crippen LogP contribution in [0.2, 0.25) is 0 Å². The number of hydrogen-bond donors (Lipinski definition) is 1. The molecule has 0 saturated carbocycles. The highest BCUT2D eigenvalue weighted by atomic mass is 32.1. The smallest absolute Gasteiger partial charge is 0.279 e. The van der Waals surface area contributed by atoms with Crippen LogP contribution in [0.3, 0.4) is 0 Å². The van der Waals surface area contributed by atoms with Gasteiger partial charge in [-0.2, -0.15) is 4.99 Å². The zero-order valence-electron chi connectivity index (χ0n) is 17.5. The van der Waals surface area contributed by atoms with E-state index in [4.69, 9.17) is 9.47 Å². The van der Waals surface area contributed by atoms with Crippen LogP contribution in [-0.4, -0.2) is 36.2 Å². The van der Waals surface area contributed by atoms with Crippen molar-refractivity contribution in [2.24, 2.45) is 4.99 Å². The van der Waals surface area contributed by atoms with E-state index in [1.165, 1.54) is 18.3 Å². The molecule has 1 N–H and O–H groups in total. The first-order valence-corrected chi connectivity index (χ1v) is 10.4. The molecule has 30 heavy (non-hydrogen) atoms. The zero-order chi connectivity index (χ0) is 21.7. The molecule has 3 rings (SSSR count). The summed E-state index contributed by atoms with van der Waals surface area (Å²) in [5.74, 6) is 0.248. The second-order valence-corrected chi connectivity index (χ2v) is 8.01. The lowest BCUT2D eigenvalue weighted by Gasteiger charge is -2.09. The summed E-state index contributed by atoms with van der Waals surface area (Å²) in [5, 5.41) is 2.78. The molecule has 0 atom stereocenters. The number of ether oxygens (including phenoxy) is 2. The Morgan fingerprint density at radius 1 is 1.17 bits per heavy atom. The van der Waals surface area contributed by atoms with Crippen molar-refractivity contribution in [2.75, 3.05) is 19.0 Å². The number of carbonyl (C=O) groups excluding carboxylic acids is 2. The van der Waals surface area contributed by atoms with Crippen LogP contribution in [0, 0.1) is 0 Å². The van der Waals surface area contributed by atoms with E-state index in [9.17, 15) is 9.59 Å². The van der Waals surface area contributed by atoms with Crippen LogP contribution in [0.1, 0.15) is 31.1 Å². The summed E-state index contributed by atoms with van der Waals surface area (Å²) in [6.45, 7) is 6.41. The number of aromatic nitrogens is 1. The molecular weight excluding hydrogens is 402 g/mol. The molecule has 8 heteroatoms. The minimum atomic E-state index is -0.328. The van der Waals surface area contributed by atoms with E-state index in [0.717, 1.165) is 10.2 Å². The van der Waals surface area contributed by atoms with Crippen molar-refractivity contribution in [3.05, 3.63) is 52.8 Å². The van der Waals surface area contributed by atoms with E-state index in [1.54, 1.807) is 31.4 Å². The third kappa shape index (κ3) is 5.34. The van der Waals surface area contributed by atoms with Gasteiger partial charge in [0.05, 0.1) is 22.9 Å². The predicted octanol–water partition coefficient (Wildman–Crippen LogP) is 3.84. The number of nitrogens with one attached hydrogen (secondary N) is 1. The van der Waals surface area contributed by atoms with Gasteiger partial charge in [-0.15, -0.1) is 0 Å².